The van der Waals surface area contributed by atoms with Crippen molar-refractivity contribution in [1.82, 2.24) is 29.5 Å². The van der Waals surface area contributed by atoms with Gasteiger partial charge in [0.1, 0.15) is 11.3 Å². The van der Waals surface area contributed by atoms with Gasteiger partial charge in [-0.15, -0.1) is 10.2 Å². The Bertz CT molecular complexity index is 1150. The molecule has 0 atom stereocenters. The first-order valence-electron chi connectivity index (χ1n) is 9.98. The summed E-state index contributed by atoms with van der Waals surface area (Å²) in [6.45, 7) is 3.92. The SMILES string of the molecule is CCOCCCNC(=O)CCc1nnc2c3cc(-c4ccc(Cl)cc4)nn3ccn12. The Balaban J connectivity index is 1.46. The molecule has 156 valence electrons. The fraction of sp³-hybridized carbons (Fsp3) is 0.333. The molecule has 9 heteroatoms. The minimum Gasteiger partial charge on any atom is -0.382 e. The number of halogens is 1. The number of amides is 1. The van der Waals surface area contributed by atoms with Crippen molar-refractivity contribution in [3.05, 3.63) is 53.6 Å². The summed E-state index contributed by atoms with van der Waals surface area (Å²) < 4.78 is 8.96. The van der Waals surface area contributed by atoms with Crippen molar-refractivity contribution in [3.63, 3.8) is 0 Å². The zero-order chi connectivity index (χ0) is 20.9. The third kappa shape index (κ3) is 4.44. The van der Waals surface area contributed by atoms with E-state index in [0.29, 0.717) is 43.3 Å². The van der Waals surface area contributed by atoms with Gasteiger partial charge in [0.15, 0.2) is 5.65 Å². The largest absolute Gasteiger partial charge is 0.382 e. The number of hydrogen-bond donors (Lipinski definition) is 1. The lowest BCUT2D eigenvalue weighted by molar-refractivity contribution is -0.121. The summed E-state index contributed by atoms with van der Waals surface area (Å²) in [6, 6.07) is 9.52. The van der Waals surface area contributed by atoms with Crippen molar-refractivity contribution in [3.8, 4) is 11.3 Å². The lowest BCUT2D eigenvalue weighted by Gasteiger charge is -2.05. The number of aromatic nitrogens is 5. The number of benzene rings is 1. The molecule has 0 aliphatic carbocycles. The molecule has 30 heavy (non-hydrogen) atoms. The minimum atomic E-state index is -0.00120. The number of rotatable bonds is 9. The lowest BCUT2D eigenvalue weighted by Crippen LogP contribution is -2.25. The predicted molar refractivity (Wildman–Crippen MR) is 115 cm³/mol. The molecule has 1 aromatic carbocycles. The molecule has 0 radical (unpaired) electrons. The second kappa shape index (κ2) is 9.23. The molecule has 1 N–H and O–H groups in total. The number of aryl methyl sites for hydroxylation is 1. The molecular formula is C21H23ClN6O2. The molecule has 0 saturated heterocycles. The highest BCUT2D eigenvalue weighted by atomic mass is 35.5. The van der Waals surface area contributed by atoms with Crippen LogP contribution in [0.4, 0.5) is 0 Å². The summed E-state index contributed by atoms with van der Waals surface area (Å²) in [5, 5.41) is 16.8. The normalized spacial score (nSPS) is 11.4. The summed E-state index contributed by atoms with van der Waals surface area (Å²) in [6.07, 6.45) is 5.41. The summed E-state index contributed by atoms with van der Waals surface area (Å²) in [4.78, 5) is 12.1. The molecule has 8 nitrogen and oxygen atoms in total. The lowest BCUT2D eigenvalue weighted by atomic mass is 10.1. The van der Waals surface area contributed by atoms with E-state index >= 15 is 0 Å². The second-order valence-electron chi connectivity index (χ2n) is 6.87. The minimum absolute atomic E-state index is 0.00120. The van der Waals surface area contributed by atoms with Gasteiger partial charge in [0.25, 0.3) is 0 Å². The first-order valence-corrected chi connectivity index (χ1v) is 10.4. The van der Waals surface area contributed by atoms with Crippen LogP contribution in [-0.4, -0.2) is 49.9 Å². The van der Waals surface area contributed by atoms with Gasteiger partial charge in [-0.2, -0.15) is 5.10 Å². The van der Waals surface area contributed by atoms with Crippen LogP contribution in [0, 0.1) is 0 Å². The van der Waals surface area contributed by atoms with E-state index in [2.05, 4.69) is 20.6 Å². The fourth-order valence-corrected chi connectivity index (χ4v) is 3.38. The standard InChI is InChI=1S/C21H23ClN6O2/c1-2-30-13-3-10-23-20(29)9-8-19-24-25-21-18-14-17(15-4-6-16(22)7-5-15)26-28(18)12-11-27(19)21/h4-7,11-12,14H,2-3,8-10,13H2,1H3,(H,23,29). The van der Waals surface area contributed by atoms with Gasteiger partial charge in [0.05, 0.1) is 5.69 Å². The molecule has 0 saturated carbocycles. The topological polar surface area (TPSA) is 85.8 Å². The van der Waals surface area contributed by atoms with Gasteiger partial charge in [-0.05, 0) is 31.5 Å². The Hall–Kier alpha value is -2.97. The number of nitrogens with zero attached hydrogens (tertiary/aromatic N) is 5. The maximum absolute atomic E-state index is 12.1. The Morgan fingerprint density at radius 2 is 2.03 bits per heavy atom. The van der Waals surface area contributed by atoms with Gasteiger partial charge in [-0.1, -0.05) is 23.7 Å². The Kier molecular flexibility index (Phi) is 6.25. The third-order valence-electron chi connectivity index (χ3n) is 4.80. The van der Waals surface area contributed by atoms with Gasteiger partial charge >= 0.3 is 0 Å². The first kappa shape index (κ1) is 20.3. The van der Waals surface area contributed by atoms with Gasteiger partial charge in [0, 0.05) is 55.6 Å². The zero-order valence-corrected chi connectivity index (χ0v) is 17.5. The van der Waals surface area contributed by atoms with E-state index in [-0.39, 0.29) is 5.91 Å². The van der Waals surface area contributed by atoms with Crippen molar-refractivity contribution in [1.29, 1.82) is 0 Å². The Morgan fingerprint density at radius 3 is 2.83 bits per heavy atom. The van der Waals surface area contributed by atoms with Crippen LogP contribution in [0.15, 0.2) is 42.7 Å². The van der Waals surface area contributed by atoms with E-state index in [1.54, 1.807) is 4.52 Å². The fourth-order valence-electron chi connectivity index (χ4n) is 3.25. The number of hydrogen-bond acceptors (Lipinski definition) is 5. The number of fused-ring (bicyclic) bond motifs is 3. The Morgan fingerprint density at radius 1 is 1.20 bits per heavy atom. The third-order valence-corrected chi connectivity index (χ3v) is 5.05. The first-order chi connectivity index (χ1) is 14.7. The van der Waals surface area contributed by atoms with Crippen LogP contribution in [0.1, 0.15) is 25.6 Å². The van der Waals surface area contributed by atoms with Crippen molar-refractivity contribution in [2.24, 2.45) is 0 Å². The van der Waals surface area contributed by atoms with Crippen LogP contribution in [0.5, 0.6) is 0 Å². The van der Waals surface area contributed by atoms with Crippen LogP contribution in [0.2, 0.25) is 5.02 Å². The smallest absolute Gasteiger partial charge is 0.220 e. The van der Waals surface area contributed by atoms with Gasteiger partial charge in [-0.3, -0.25) is 9.20 Å². The molecule has 4 aromatic rings. The molecule has 0 bridgehead atoms. The summed E-state index contributed by atoms with van der Waals surface area (Å²) >= 11 is 5.98. The molecule has 0 spiro atoms. The van der Waals surface area contributed by atoms with Crippen molar-refractivity contribution in [2.75, 3.05) is 19.8 Å². The molecule has 0 aliphatic heterocycles. The zero-order valence-electron chi connectivity index (χ0n) is 16.7. The summed E-state index contributed by atoms with van der Waals surface area (Å²) in [7, 11) is 0. The van der Waals surface area contributed by atoms with Crippen LogP contribution in [0.3, 0.4) is 0 Å². The highest BCUT2D eigenvalue weighted by Gasteiger charge is 2.13. The molecule has 1 amide bonds. The molecule has 4 rings (SSSR count). The molecule has 0 fully saturated rings. The van der Waals surface area contributed by atoms with Gasteiger partial charge in [0.2, 0.25) is 5.91 Å². The highest BCUT2D eigenvalue weighted by molar-refractivity contribution is 6.30. The average molecular weight is 427 g/mol. The maximum atomic E-state index is 12.1. The molecule has 0 aliphatic rings. The molecule has 0 unspecified atom stereocenters. The van der Waals surface area contributed by atoms with E-state index in [1.165, 1.54) is 0 Å². The molecule has 3 aromatic heterocycles. The molecule has 3 heterocycles. The van der Waals surface area contributed by atoms with Crippen LogP contribution < -0.4 is 5.32 Å². The summed E-state index contributed by atoms with van der Waals surface area (Å²) in [5.74, 6) is 0.741. The van der Waals surface area contributed by atoms with Crippen molar-refractivity contribution in [2.45, 2.75) is 26.2 Å². The van der Waals surface area contributed by atoms with E-state index < -0.39 is 0 Å². The van der Waals surface area contributed by atoms with Crippen LogP contribution in [-0.2, 0) is 16.0 Å². The summed E-state index contributed by atoms with van der Waals surface area (Å²) in [5.41, 5.74) is 3.36. The highest BCUT2D eigenvalue weighted by Crippen LogP contribution is 2.23. The number of carbonyl (C=O) groups is 1. The van der Waals surface area contributed by atoms with Gasteiger partial charge < -0.3 is 10.1 Å². The van der Waals surface area contributed by atoms with Crippen LogP contribution in [0.25, 0.3) is 22.4 Å². The van der Waals surface area contributed by atoms with E-state index in [0.717, 1.165) is 29.0 Å². The van der Waals surface area contributed by atoms with Crippen LogP contribution >= 0.6 is 11.6 Å². The number of ether oxygens (including phenoxy) is 1. The van der Waals surface area contributed by atoms with Crippen molar-refractivity contribution >= 4 is 28.7 Å². The maximum Gasteiger partial charge on any atom is 0.220 e. The van der Waals surface area contributed by atoms with Crippen molar-refractivity contribution < 1.29 is 9.53 Å². The number of nitrogens with one attached hydrogen (secondary N) is 1. The van der Waals surface area contributed by atoms with E-state index in [4.69, 9.17) is 16.3 Å². The monoisotopic (exact) mass is 426 g/mol. The second-order valence-corrected chi connectivity index (χ2v) is 7.31. The van der Waals surface area contributed by atoms with E-state index in [1.807, 2.05) is 54.0 Å². The Labute approximate surface area is 178 Å². The predicted octanol–water partition coefficient (Wildman–Crippen LogP) is 3.17. The molecular weight excluding hydrogens is 404 g/mol. The number of carbonyl (C=O) groups excluding carboxylic acids is 1. The average Bonchev–Trinajstić information content (AvgIpc) is 3.36. The van der Waals surface area contributed by atoms with Gasteiger partial charge in [-0.25, -0.2) is 4.52 Å². The van der Waals surface area contributed by atoms with E-state index in [9.17, 15) is 4.79 Å². The quantitative estimate of drug-likeness (QED) is 0.415.